The highest BCUT2D eigenvalue weighted by Crippen LogP contribution is 2.11. The number of aryl methyl sites for hydroxylation is 1. The zero-order valence-electron chi connectivity index (χ0n) is 12.5. The monoisotopic (exact) mass is 314 g/mol. The standard InChI is InChI=1S/C14H22N2O4S/c1-4-13(14(17)15-9-10-20-3)16-21(18,19)12-7-5-11(2)6-8-12/h5-8,13,16H,4,9-10H2,1-3H3,(H,15,17). The lowest BCUT2D eigenvalue weighted by Gasteiger charge is -2.17. The number of amides is 1. The van der Waals surface area contributed by atoms with Crippen molar-refractivity contribution in [2.75, 3.05) is 20.3 Å². The maximum Gasteiger partial charge on any atom is 0.241 e. The van der Waals surface area contributed by atoms with Gasteiger partial charge in [-0.15, -0.1) is 0 Å². The molecule has 0 saturated heterocycles. The number of ether oxygens (including phenoxy) is 1. The molecule has 1 aromatic rings. The van der Waals surface area contributed by atoms with Crippen molar-refractivity contribution in [1.82, 2.24) is 10.0 Å². The van der Waals surface area contributed by atoms with Crippen LogP contribution in [0.1, 0.15) is 18.9 Å². The third-order valence-electron chi connectivity index (χ3n) is 2.96. The topological polar surface area (TPSA) is 84.5 Å². The second-order valence-corrected chi connectivity index (χ2v) is 6.39. The van der Waals surface area contributed by atoms with E-state index in [0.717, 1.165) is 5.56 Å². The molecule has 21 heavy (non-hydrogen) atoms. The number of benzene rings is 1. The predicted molar refractivity (Wildman–Crippen MR) is 80.5 cm³/mol. The van der Waals surface area contributed by atoms with Gasteiger partial charge in [-0.25, -0.2) is 8.42 Å². The zero-order chi connectivity index (χ0) is 15.9. The lowest BCUT2D eigenvalue weighted by atomic mass is 10.2. The number of methoxy groups -OCH3 is 1. The molecule has 0 fully saturated rings. The molecule has 1 aromatic carbocycles. The lowest BCUT2D eigenvalue weighted by Crippen LogP contribution is -2.46. The van der Waals surface area contributed by atoms with Gasteiger partial charge in [-0.05, 0) is 25.5 Å². The van der Waals surface area contributed by atoms with Gasteiger partial charge in [0.05, 0.1) is 11.5 Å². The highest BCUT2D eigenvalue weighted by Gasteiger charge is 2.23. The number of carbonyl (C=O) groups is 1. The van der Waals surface area contributed by atoms with Gasteiger partial charge in [-0.2, -0.15) is 4.72 Å². The van der Waals surface area contributed by atoms with E-state index in [1.54, 1.807) is 19.1 Å². The maximum absolute atomic E-state index is 12.2. The molecule has 1 rings (SSSR count). The first-order valence-corrected chi connectivity index (χ1v) is 8.24. The van der Waals surface area contributed by atoms with Crippen molar-refractivity contribution < 1.29 is 17.9 Å². The summed E-state index contributed by atoms with van der Waals surface area (Å²) in [6.45, 7) is 4.35. The zero-order valence-corrected chi connectivity index (χ0v) is 13.4. The van der Waals surface area contributed by atoms with Crippen LogP contribution < -0.4 is 10.0 Å². The molecule has 0 aromatic heterocycles. The summed E-state index contributed by atoms with van der Waals surface area (Å²) in [6, 6.07) is 5.68. The minimum Gasteiger partial charge on any atom is -0.383 e. The highest BCUT2D eigenvalue weighted by molar-refractivity contribution is 7.89. The summed E-state index contributed by atoms with van der Waals surface area (Å²) < 4.78 is 31.7. The normalized spacial score (nSPS) is 12.9. The predicted octanol–water partition coefficient (Wildman–Crippen LogP) is 0.815. The molecular formula is C14H22N2O4S. The van der Waals surface area contributed by atoms with Crippen LogP contribution in [0.15, 0.2) is 29.2 Å². The summed E-state index contributed by atoms with van der Waals surface area (Å²) in [5.41, 5.74) is 0.971. The average Bonchev–Trinajstić information content (AvgIpc) is 2.45. The number of rotatable bonds is 8. The van der Waals surface area contributed by atoms with Gasteiger partial charge in [-0.3, -0.25) is 4.79 Å². The van der Waals surface area contributed by atoms with Crippen LogP contribution in [0.3, 0.4) is 0 Å². The van der Waals surface area contributed by atoms with Crippen LogP contribution in [-0.2, 0) is 19.6 Å². The Morgan fingerprint density at radius 3 is 2.43 bits per heavy atom. The molecule has 7 heteroatoms. The summed E-state index contributed by atoms with van der Waals surface area (Å²) in [4.78, 5) is 12.1. The molecule has 118 valence electrons. The van der Waals surface area contributed by atoms with Crippen molar-refractivity contribution in [3.05, 3.63) is 29.8 Å². The van der Waals surface area contributed by atoms with Crippen LogP contribution in [0.25, 0.3) is 0 Å². The van der Waals surface area contributed by atoms with Gasteiger partial charge in [-0.1, -0.05) is 24.6 Å². The molecule has 0 aliphatic heterocycles. The lowest BCUT2D eigenvalue weighted by molar-refractivity contribution is -0.122. The van der Waals surface area contributed by atoms with Crippen molar-refractivity contribution >= 4 is 15.9 Å². The molecular weight excluding hydrogens is 292 g/mol. The number of sulfonamides is 1. The maximum atomic E-state index is 12.2. The third-order valence-corrected chi connectivity index (χ3v) is 4.45. The van der Waals surface area contributed by atoms with Gasteiger partial charge in [0, 0.05) is 13.7 Å². The van der Waals surface area contributed by atoms with E-state index in [2.05, 4.69) is 10.0 Å². The number of nitrogens with one attached hydrogen (secondary N) is 2. The summed E-state index contributed by atoms with van der Waals surface area (Å²) in [6.07, 6.45) is 0.365. The molecule has 1 amide bonds. The molecule has 1 unspecified atom stereocenters. The highest BCUT2D eigenvalue weighted by atomic mass is 32.2. The van der Waals surface area contributed by atoms with Crippen molar-refractivity contribution in [3.63, 3.8) is 0 Å². The van der Waals surface area contributed by atoms with Crippen molar-refractivity contribution in [2.24, 2.45) is 0 Å². The van der Waals surface area contributed by atoms with E-state index in [-0.39, 0.29) is 10.8 Å². The Morgan fingerprint density at radius 2 is 1.90 bits per heavy atom. The van der Waals surface area contributed by atoms with Gasteiger partial charge < -0.3 is 10.1 Å². The van der Waals surface area contributed by atoms with Crippen LogP contribution >= 0.6 is 0 Å². The van der Waals surface area contributed by atoms with Gasteiger partial charge in [0.25, 0.3) is 0 Å². The largest absolute Gasteiger partial charge is 0.383 e. The second kappa shape index (κ2) is 8.11. The third kappa shape index (κ3) is 5.45. The Labute approximate surface area is 125 Å². The summed E-state index contributed by atoms with van der Waals surface area (Å²) in [5, 5.41) is 2.63. The molecule has 0 saturated carbocycles. The fraction of sp³-hybridized carbons (Fsp3) is 0.500. The average molecular weight is 314 g/mol. The van der Waals surface area contributed by atoms with E-state index in [9.17, 15) is 13.2 Å². The van der Waals surface area contributed by atoms with Crippen molar-refractivity contribution in [2.45, 2.75) is 31.2 Å². The Bertz CT molecular complexity index is 555. The van der Waals surface area contributed by atoms with Crippen LogP contribution in [0.4, 0.5) is 0 Å². The smallest absolute Gasteiger partial charge is 0.241 e. The fourth-order valence-electron chi connectivity index (χ4n) is 1.69. The van der Waals surface area contributed by atoms with E-state index >= 15 is 0 Å². The molecule has 1 atom stereocenters. The van der Waals surface area contributed by atoms with Crippen molar-refractivity contribution in [1.29, 1.82) is 0 Å². The Hall–Kier alpha value is -1.44. The van der Waals surface area contributed by atoms with Crippen LogP contribution in [0.2, 0.25) is 0 Å². The Morgan fingerprint density at radius 1 is 1.29 bits per heavy atom. The van der Waals surface area contributed by atoms with Crippen LogP contribution in [0, 0.1) is 6.92 Å². The Balaban J connectivity index is 2.75. The van der Waals surface area contributed by atoms with E-state index in [1.807, 2.05) is 6.92 Å². The van der Waals surface area contributed by atoms with Crippen LogP contribution in [-0.4, -0.2) is 40.6 Å². The molecule has 0 spiro atoms. The van der Waals surface area contributed by atoms with Crippen molar-refractivity contribution in [3.8, 4) is 0 Å². The van der Waals surface area contributed by atoms with Gasteiger partial charge in [0.15, 0.2) is 0 Å². The first kappa shape index (κ1) is 17.6. The molecule has 0 heterocycles. The van der Waals surface area contributed by atoms with E-state index < -0.39 is 16.1 Å². The number of hydrogen-bond donors (Lipinski definition) is 2. The van der Waals surface area contributed by atoms with Gasteiger partial charge in [0.2, 0.25) is 15.9 Å². The molecule has 0 aliphatic rings. The van der Waals surface area contributed by atoms with E-state index in [0.29, 0.717) is 19.6 Å². The number of hydrogen-bond acceptors (Lipinski definition) is 4. The fourth-order valence-corrected chi connectivity index (χ4v) is 2.97. The first-order valence-electron chi connectivity index (χ1n) is 6.76. The number of carbonyl (C=O) groups excluding carboxylic acids is 1. The Kier molecular flexibility index (Phi) is 6.80. The van der Waals surface area contributed by atoms with E-state index in [4.69, 9.17) is 4.74 Å². The molecule has 0 aliphatic carbocycles. The molecule has 2 N–H and O–H groups in total. The quantitative estimate of drug-likeness (QED) is 0.696. The molecule has 0 radical (unpaired) electrons. The summed E-state index contributed by atoms with van der Waals surface area (Å²) in [7, 11) is -2.17. The first-order chi connectivity index (χ1) is 9.90. The summed E-state index contributed by atoms with van der Waals surface area (Å²) >= 11 is 0. The second-order valence-electron chi connectivity index (χ2n) is 4.68. The van der Waals surface area contributed by atoms with Crippen LogP contribution in [0.5, 0.6) is 0 Å². The van der Waals surface area contributed by atoms with Gasteiger partial charge >= 0.3 is 0 Å². The SMILES string of the molecule is CCC(NS(=O)(=O)c1ccc(C)cc1)C(=O)NCCOC. The minimum absolute atomic E-state index is 0.149. The minimum atomic E-state index is -3.71. The van der Waals surface area contributed by atoms with Gasteiger partial charge in [0.1, 0.15) is 6.04 Å². The molecule has 0 bridgehead atoms. The van der Waals surface area contributed by atoms with E-state index in [1.165, 1.54) is 19.2 Å². The molecule has 6 nitrogen and oxygen atoms in total. The summed E-state index contributed by atoms with van der Waals surface area (Å²) in [5.74, 6) is -0.356.